The fraction of sp³-hybridized carbons (Fsp3) is 0.102. The fourth-order valence-corrected chi connectivity index (χ4v) is 8.42. The number of ether oxygens (including phenoxy) is 1. The first kappa shape index (κ1) is 47.2. The lowest BCUT2D eigenvalue weighted by molar-refractivity contribution is 0.346. The zero-order valence-electron chi connectivity index (χ0n) is 37.1. The van der Waals surface area contributed by atoms with Gasteiger partial charge in [-0.25, -0.2) is 0 Å². The first-order valence-electron chi connectivity index (χ1n) is 20.8. The van der Waals surface area contributed by atoms with Crippen molar-refractivity contribution in [1.82, 2.24) is 0 Å². The summed E-state index contributed by atoms with van der Waals surface area (Å²) >= 11 is 0. The molecular weight excluding hydrogens is 923 g/mol. The van der Waals surface area contributed by atoms with E-state index in [9.17, 15) is 36.2 Å². The third-order valence-electron chi connectivity index (χ3n) is 10.8. The van der Waals surface area contributed by atoms with E-state index in [1.165, 1.54) is 12.1 Å². The molecule has 69 heavy (non-hydrogen) atoms. The lowest BCUT2D eigenvalue weighted by Gasteiger charge is -2.11. The molecule has 8 aromatic rings. The van der Waals surface area contributed by atoms with Crippen LogP contribution in [0.4, 0.5) is 51.2 Å². The van der Waals surface area contributed by atoms with Crippen LogP contribution in [0.3, 0.4) is 0 Å². The van der Waals surface area contributed by atoms with Crippen LogP contribution in [0, 0.1) is 27.7 Å². The Bertz CT molecular complexity index is 3680. The number of phenolic OH excluding ortho intramolecular Hbond substituents is 2. The van der Waals surface area contributed by atoms with E-state index in [1.54, 1.807) is 73.7 Å². The summed E-state index contributed by atoms with van der Waals surface area (Å²) in [5, 5.41) is 59.9. The Morgan fingerprint density at radius 1 is 0.464 bits per heavy atom. The van der Waals surface area contributed by atoms with Crippen molar-refractivity contribution < 1.29 is 40.9 Å². The fourth-order valence-electron chi connectivity index (χ4n) is 7.08. The molecule has 0 aromatic heterocycles. The average molecular weight is 964 g/mol. The van der Waals surface area contributed by atoms with Crippen LogP contribution in [-0.2, 0) is 20.2 Å². The van der Waals surface area contributed by atoms with Crippen molar-refractivity contribution >= 4 is 93.0 Å². The van der Waals surface area contributed by atoms with Gasteiger partial charge >= 0.3 is 0 Å². The number of hydrogen-bond acceptors (Lipinski definition) is 16. The van der Waals surface area contributed by atoms with Gasteiger partial charge in [0.05, 0.1) is 34.1 Å². The van der Waals surface area contributed by atoms with Gasteiger partial charge in [-0.15, -0.1) is 10.2 Å². The highest BCUT2D eigenvalue weighted by atomic mass is 32.2. The largest absolute Gasteiger partial charge is 0.508 e. The summed E-state index contributed by atoms with van der Waals surface area (Å²) in [5.41, 5.74) is 7.00. The number of benzene rings is 8. The van der Waals surface area contributed by atoms with Crippen LogP contribution >= 0.6 is 0 Å². The van der Waals surface area contributed by atoms with Crippen molar-refractivity contribution in [3.05, 3.63) is 156 Å². The molecule has 0 atom stereocenters. The smallest absolute Gasteiger partial charge is 0.296 e. The number of nitrogens with one attached hydrogen (secondary N) is 1. The molecule has 0 aliphatic heterocycles. The predicted molar refractivity (Wildman–Crippen MR) is 261 cm³/mol. The first-order valence-corrected chi connectivity index (χ1v) is 23.7. The van der Waals surface area contributed by atoms with Gasteiger partial charge in [-0.1, -0.05) is 18.2 Å². The van der Waals surface area contributed by atoms with E-state index in [0.717, 1.165) is 46.0 Å². The van der Waals surface area contributed by atoms with Crippen molar-refractivity contribution in [2.24, 2.45) is 40.9 Å². The third-order valence-corrected chi connectivity index (χ3v) is 12.5. The third kappa shape index (κ3) is 11.1. The summed E-state index contributed by atoms with van der Waals surface area (Å²) in [6, 6.07) is 35.6. The molecule has 8 aromatic carbocycles. The van der Waals surface area contributed by atoms with Crippen LogP contribution < -0.4 is 10.1 Å². The number of aromatic hydroxyl groups is 2. The maximum atomic E-state index is 12.2. The SMILES string of the molecule is Cc1cc(N=Nc2cc(C)c(N=Nc3ccc4cc(NCOc5ccc(O)cc5)ccc4c3O)cc2C)ccc1N=Nc1ccc(N=Nc2cc3c(S(=O)(=O)O)cccc3cc2S(=O)(=O)O)c(C)c1. The first-order chi connectivity index (χ1) is 32.9. The summed E-state index contributed by atoms with van der Waals surface area (Å²) in [6.07, 6.45) is 0. The summed E-state index contributed by atoms with van der Waals surface area (Å²) in [6.45, 7) is 7.58. The van der Waals surface area contributed by atoms with Crippen LogP contribution in [0.25, 0.3) is 21.5 Å². The molecule has 8 rings (SSSR count). The molecular formula is C49H41N9O9S2. The number of rotatable bonds is 14. The normalized spacial score (nSPS) is 12.4. The summed E-state index contributed by atoms with van der Waals surface area (Å²) in [4.78, 5) is -1.06. The highest BCUT2D eigenvalue weighted by molar-refractivity contribution is 7.86. The lowest BCUT2D eigenvalue weighted by atomic mass is 10.1. The van der Waals surface area contributed by atoms with Crippen molar-refractivity contribution in [3.63, 3.8) is 0 Å². The molecule has 0 unspecified atom stereocenters. The van der Waals surface area contributed by atoms with Gasteiger partial charge in [-0.05, 0) is 176 Å². The van der Waals surface area contributed by atoms with Gasteiger partial charge in [0.1, 0.15) is 32.7 Å². The number of anilines is 1. The Morgan fingerprint density at radius 2 is 0.986 bits per heavy atom. The molecule has 5 N–H and O–H groups in total. The summed E-state index contributed by atoms with van der Waals surface area (Å²) in [5.74, 6) is 0.771. The molecule has 0 fully saturated rings. The quantitative estimate of drug-likeness (QED) is 0.0390. The van der Waals surface area contributed by atoms with Crippen molar-refractivity contribution in [1.29, 1.82) is 0 Å². The molecule has 0 saturated heterocycles. The van der Waals surface area contributed by atoms with E-state index >= 15 is 0 Å². The van der Waals surface area contributed by atoms with Gasteiger partial charge in [-0.3, -0.25) is 9.11 Å². The van der Waals surface area contributed by atoms with Gasteiger partial charge in [0.15, 0.2) is 12.5 Å². The minimum atomic E-state index is -4.80. The summed E-state index contributed by atoms with van der Waals surface area (Å²) in [7, 11) is -9.47. The number of azo groups is 4. The topological polar surface area (TPSA) is 269 Å². The van der Waals surface area contributed by atoms with Crippen molar-refractivity contribution in [3.8, 4) is 17.2 Å². The second-order valence-electron chi connectivity index (χ2n) is 15.7. The number of phenols is 2. The molecule has 348 valence electrons. The Morgan fingerprint density at radius 3 is 1.59 bits per heavy atom. The number of fused-ring (bicyclic) bond motifs is 2. The Hall–Kier alpha value is -8.30. The molecule has 0 aliphatic rings. The van der Waals surface area contributed by atoms with E-state index in [4.69, 9.17) is 4.74 Å². The molecule has 20 heteroatoms. The lowest BCUT2D eigenvalue weighted by Crippen LogP contribution is -2.08. The zero-order chi connectivity index (χ0) is 49.0. The van der Waals surface area contributed by atoms with Crippen LogP contribution in [0.5, 0.6) is 17.2 Å². The second-order valence-corrected chi connectivity index (χ2v) is 18.5. The van der Waals surface area contributed by atoms with E-state index in [1.807, 2.05) is 57.2 Å². The van der Waals surface area contributed by atoms with Crippen molar-refractivity contribution in [2.45, 2.75) is 37.5 Å². The minimum Gasteiger partial charge on any atom is -0.508 e. The van der Waals surface area contributed by atoms with E-state index in [-0.39, 0.29) is 34.7 Å². The molecule has 18 nitrogen and oxygen atoms in total. The highest BCUT2D eigenvalue weighted by Gasteiger charge is 2.21. The maximum Gasteiger partial charge on any atom is 0.296 e. The van der Waals surface area contributed by atoms with E-state index in [2.05, 4.69) is 46.2 Å². The standard InChI is InChI=1S/C49H41N9O9S2/c1-28-20-36(10-18-41(28)53-51-35-11-19-42(29(2)21-35)54-58-46-26-40-32(25-48(46)69(64,65)66)6-5-7-47(40)68(61,62)63)52-56-44-22-31(4)45(23-30(44)3)57-55-43-17-8-33-24-34(9-16-39(33)49(43)60)50-27-67-38-14-12-37(59)13-15-38/h5-26,50,59-60H,27H2,1-4H3,(H,61,62,63)(H,64,65,66). The Balaban J connectivity index is 0.909. The maximum absolute atomic E-state index is 12.2. The van der Waals surface area contributed by atoms with Crippen LogP contribution in [0.2, 0.25) is 0 Å². The summed E-state index contributed by atoms with van der Waals surface area (Å²) < 4.78 is 73.7. The van der Waals surface area contributed by atoms with Gasteiger partial charge in [0.2, 0.25) is 0 Å². The van der Waals surface area contributed by atoms with E-state index < -0.39 is 30.0 Å². The van der Waals surface area contributed by atoms with Crippen LogP contribution in [-0.4, -0.2) is 42.9 Å². The van der Waals surface area contributed by atoms with Crippen molar-refractivity contribution in [2.75, 3.05) is 12.0 Å². The van der Waals surface area contributed by atoms with E-state index in [0.29, 0.717) is 56.5 Å². The highest BCUT2D eigenvalue weighted by Crippen LogP contribution is 2.39. The molecule has 0 saturated carbocycles. The van der Waals surface area contributed by atoms with Crippen LogP contribution in [0.15, 0.2) is 184 Å². The molecule has 0 spiro atoms. The molecule has 0 bridgehead atoms. The number of nitrogens with zero attached hydrogens (tertiary/aromatic N) is 8. The Labute approximate surface area is 395 Å². The molecule has 0 radical (unpaired) electrons. The second kappa shape index (κ2) is 19.5. The average Bonchev–Trinajstić information content (AvgIpc) is 3.30. The molecule has 0 heterocycles. The zero-order valence-corrected chi connectivity index (χ0v) is 38.8. The van der Waals surface area contributed by atoms with Crippen LogP contribution in [0.1, 0.15) is 22.3 Å². The van der Waals surface area contributed by atoms with Gasteiger partial charge in [0.25, 0.3) is 20.2 Å². The number of aryl methyl sites for hydroxylation is 4. The minimum absolute atomic E-state index is 0.000626. The molecule has 0 amide bonds. The predicted octanol–water partition coefficient (Wildman–Crippen LogP) is 14.2. The van der Waals surface area contributed by atoms with Gasteiger partial charge in [-0.2, -0.15) is 47.5 Å². The van der Waals surface area contributed by atoms with Gasteiger partial charge in [0, 0.05) is 16.5 Å². The molecule has 0 aliphatic carbocycles. The van der Waals surface area contributed by atoms with Gasteiger partial charge < -0.3 is 20.3 Å². The monoisotopic (exact) mass is 963 g/mol. The Kier molecular flexibility index (Phi) is 13.3. The number of hydrogen-bond donors (Lipinski definition) is 5.